The van der Waals surface area contributed by atoms with Crippen LogP contribution in [-0.2, 0) is 25.8 Å². The number of nitrogens with one attached hydrogen (secondary N) is 1. The highest BCUT2D eigenvalue weighted by atomic mass is 32.2. The van der Waals surface area contributed by atoms with Crippen molar-refractivity contribution in [1.29, 1.82) is 0 Å². The van der Waals surface area contributed by atoms with Crippen LogP contribution >= 0.6 is 0 Å². The molecule has 34 heavy (non-hydrogen) atoms. The molecule has 2 N–H and O–H groups in total. The molecule has 0 unspecified atom stereocenters. The number of carboxylic acids is 1. The van der Waals surface area contributed by atoms with Crippen molar-refractivity contribution in [3.05, 3.63) is 65.9 Å². The predicted octanol–water partition coefficient (Wildman–Crippen LogP) is 3.93. The summed E-state index contributed by atoms with van der Waals surface area (Å²) in [4.78, 5) is 22.0. The minimum absolute atomic E-state index is 0.0295. The minimum Gasteiger partial charge on any atom is -0.481 e. The topological polar surface area (TPSA) is 118 Å². The molecule has 0 radical (unpaired) electrons. The first-order chi connectivity index (χ1) is 15.9. The van der Waals surface area contributed by atoms with E-state index in [1.165, 1.54) is 12.1 Å². The van der Waals surface area contributed by atoms with Gasteiger partial charge < -0.3 is 5.11 Å². The van der Waals surface area contributed by atoms with Gasteiger partial charge >= 0.3 is 12.1 Å². The molecule has 2 aromatic carbocycles. The van der Waals surface area contributed by atoms with Crippen LogP contribution in [0.3, 0.4) is 0 Å². The second kappa shape index (κ2) is 9.67. The molecule has 0 bridgehead atoms. The van der Waals surface area contributed by atoms with Gasteiger partial charge in [-0.25, -0.2) is 17.8 Å². The monoisotopic (exact) mass is 495 g/mol. The highest BCUT2D eigenvalue weighted by Gasteiger charge is 2.35. The maximum Gasteiger partial charge on any atom is 0.435 e. The van der Waals surface area contributed by atoms with E-state index in [0.29, 0.717) is 5.56 Å². The number of halogens is 3. The van der Waals surface area contributed by atoms with Crippen molar-refractivity contribution in [2.45, 2.75) is 37.3 Å². The van der Waals surface area contributed by atoms with Gasteiger partial charge in [-0.1, -0.05) is 29.8 Å². The van der Waals surface area contributed by atoms with E-state index in [4.69, 9.17) is 5.11 Å². The summed E-state index contributed by atoms with van der Waals surface area (Å²) in [5.41, 5.74) is 0.644. The van der Waals surface area contributed by atoms with E-state index in [1.807, 2.05) is 11.6 Å². The summed E-state index contributed by atoms with van der Waals surface area (Å²) in [5, 5.41) is 12.3. The Morgan fingerprint density at radius 3 is 2.21 bits per heavy atom. The van der Waals surface area contributed by atoms with Crippen LogP contribution in [0.1, 0.15) is 30.5 Å². The number of carboxylic acid groups (broad SMARTS) is 1. The van der Waals surface area contributed by atoms with Crippen LogP contribution in [0.25, 0.3) is 16.9 Å². The Kier molecular flexibility index (Phi) is 7.10. The zero-order valence-corrected chi connectivity index (χ0v) is 18.7. The number of rotatable bonds is 8. The Hall–Kier alpha value is -3.67. The summed E-state index contributed by atoms with van der Waals surface area (Å²) in [6.07, 6.45) is -5.29. The molecule has 3 rings (SSSR count). The maximum atomic E-state index is 13.3. The number of amides is 1. The summed E-state index contributed by atoms with van der Waals surface area (Å²) in [7, 11) is -4.25. The number of benzene rings is 2. The molecule has 180 valence electrons. The van der Waals surface area contributed by atoms with Crippen LogP contribution in [-0.4, -0.2) is 35.2 Å². The smallest absolute Gasteiger partial charge is 0.435 e. The van der Waals surface area contributed by atoms with Crippen molar-refractivity contribution < 1.29 is 36.3 Å². The normalized spacial score (nSPS) is 11.9. The SMILES string of the molecule is Cc1ccc(-c2cc(C(F)(F)F)nn2-c2ccc(S(=O)(=O)NC(=O)CCCC(=O)O)cc2)cc1. The van der Waals surface area contributed by atoms with Crippen LogP contribution in [0, 0.1) is 6.92 Å². The van der Waals surface area contributed by atoms with Crippen LogP contribution < -0.4 is 4.72 Å². The van der Waals surface area contributed by atoms with Gasteiger partial charge in [0.05, 0.1) is 16.3 Å². The molecule has 1 amide bonds. The molecule has 0 aliphatic heterocycles. The average molecular weight is 495 g/mol. The Balaban J connectivity index is 1.89. The highest BCUT2D eigenvalue weighted by molar-refractivity contribution is 7.90. The third kappa shape index (κ3) is 6.01. The molecule has 0 atom stereocenters. The third-order valence-corrected chi connectivity index (χ3v) is 6.17. The summed E-state index contributed by atoms with van der Waals surface area (Å²) < 4.78 is 67.7. The Labute approximate surface area is 193 Å². The third-order valence-electron chi connectivity index (χ3n) is 4.78. The molecule has 0 saturated carbocycles. The first kappa shape index (κ1) is 25.0. The first-order valence-corrected chi connectivity index (χ1v) is 11.5. The van der Waals surface area contributed by atoms with Crippen molar-refractivity contribution in [2.24, 2.45) is 0 Å². The van der Waals surface area contributed by atoms with Gasteiger partial charge in [-0.15, -0.1) is 0 Å². The van der Waals surface area contributed by atoms with E-state index in [1.54, 1.807) is 24.3 Å². The standard InChI is InChI=1S/C22H20F3N3O5S/c1-14-5-7-15(8-6-14)18-13-19(22(23,24)25)26-28(18)16-9-11-17(12-10-16)34(32,33)27-20(29)3-2-4-21(30)31/h5-13H,2-4H2,1H3,(H,27,29)(H,30,31). The summed E-state index contributed by atoms with van der Waals surface area (Å²) in [6.45, 7) is 1.84. The molecule has 12 heteroatoms. The summed E-state index contributed by atoms with van der Waals surface area (Å²) in [6, 6.07) is 12.5. The van der Waals surface area contributed by atoms with E-state index in [0.717, 1.165) is 28.4 Å². The number of aromatic nitrogens is 2. The fourth-order valence-corrected chi connectivity index (χ4v) is 4.09. The lowest BCUT2D eigenvalue weighted by molar-refractivity contribution is -0.141. The molecule has 0 aliphatic rings. The number of alkyl halides is 3. The molecule has 0 fully saturated rings. The van der Waals surface area contributed by atoms with Crippen molar-refractivity contribution in [3.63, 3.8) is 0 Å². The molecule has 3 aromatic rings. The Bertz CT molecular complexity index is 1300. The second-order valence-corrected chi connectivity index (χ2v) is 9.14. The van der Waals surface area contributed by atoms with E-state index < -0.39 is 33.8 Å². The molecule has 0 saturated heterocycles. The summed E-state index contributed by atoms with van der Waals surface area (Å²) >= 11 is 0. The Morgan fingerprint density at radius 2 is 1.65 bits per heavy atom. The van der Waals surface area contributed by atoms with Crippen LogP contribution in [0.4, 0.5) is 13.2 Å². The summed E-state index contributed by atoms with van der Waals surface area (Å²) in [5.74, 6) is -1.97. The lowest BCUT2D eigenvalue weighted by Crippen LogP contribution is -2.30. The van der Waals surface area contributed by atoms with Gasteiger partial charge in [0.25, 0.3) is 10.0 Å². The van der Waals surface area contributed by atoms with Gasteiger partial charge in [-0.3, -0.25) is 9.59 Å². The van der Waals surface area contributed by atoms with E-state index in [-0.39, 0.29) is 35.5 Å². The average Bonchev–Trinajstić information content (AvgIpc) is 3.20. The van der Waals surface area contributed by atoms with Gasteiger partial charge in [0.15, 0.2) is 5.69 Å². The number of sulfonamides is 1. The molecular formula is C22H20F3N3O5S. The van der Waals surface area contributed by atoms with Crippen molar-refractivity contribution in [2.75, 3.05) is 0 Å². The van der Waals surface area contributed by atoms with Crippen LogP contribution in [0.2, 0.25) is 0 Å². The minimum atomic E-state index is -4.68. The van der Waals surface area contributed by atoms with Gasteiger partial charge in [-0.2, -0.15) is 18.3 Å². The second-order valence-electron chi connectivity index (χ2n) is 7.46. The molecule has 8 nitrogen and oxygen atoms in total. The number of aliphatic carboxylic acids is 1. The van der Waals surface area contributed by atoms with Gasteiger partial charge in [-0.05, 0) is 43.7 Å². The lowest BCUT2D eigenvalue weighted by Gasteiger charge is -2.10. The lowest BCUT2D eigenvalue weighted by atomic mass is 10.1. The fraction of sp³-hybridized carbons (Fsp3) is 0.227. The molecule has 0 spiro atoms. The van der Waals surface area contributed by atoms with Gasteiger partial charge in [0, 0.05) is 18.4 Å². The van der Waals surface area contributed by atoms with Crippen molar-refractivity contribution in [3.8, 4) is 16.9 Å². The van der Waals surface area contributed by atoms with Gasteiger partial charge in [0.1, 0.15) is 0 Å². The highest BCUT2D eigenvalue weighted by Crippen LogP contribution is 2.33. The maximum absolute atomic E-state index is 13.3. The number of nitrogens with zero attached hydrogens (tertiary/aromatic N) is 2. The van der Waals surface area contributed by atoms with E-state index in [2.05, 4.69) is 5.10 Å². The molecule has 0 aliphatic carbocycles. The van der Waals surface area contributed by atoms with E-state index >= 15 is 0 Å². The number of carbonyl (C=O) groups excluding carboxylic acids is 1. The number of hydrogen-bond acceptors (Lipinski definition) is 5. The number of aryl methyl sites for hydroxylation is 1. The fourth-order valence-electron chi connectivity index (χ4n) is 3.07. The van der Waals surface area contributed by atoms with E-state index in [9.17, 15) is 31.2 Å². The predicted molar refractivity (Wildman–Crippen MR) is 116 cm³/mol. The largest absolute Gasteiger partial charge is 0.481 e. The van der Waals surface area contributed by atoms with Gasteiger partial charge in [0.2, 0.25) is 5.91 Å². The zero-order valence-electron chi connectivity index (χ0n) is 17.8. The van der Waals surface area contributed by atoms with Crippen molar-refractivity contribution >= 4 is 21.9 Å². The van der Waals surface area contributed by atoms with Crippen LogP contribution in [0.15, 0.2) is 59.5 Å². The molecular weight excluding hydrogens is 475 g/mol. The number of hydrogen-bond donors (Lipinski definition) is 2. The first-order valence-electron chi connectivity index (χ1n) is 9.99. The van der Waals surface area contributed by atoms with Crippen LogP contribution in [0.5, 0.6) is 0 Å². The molecule has 1 heterocycles. The Morgan fingerprint density at radius 1 is 1.03 bits per heavy atom. The quantitative estimate of drug-likeness (QED) is 0.489. The zero-order chi connectivity index (χ0) is 25.1. The molecule has 1 aromatic heterocycles. The number of carbonyl (C=O) groups is 2. The van der Waals surface area contributed by atoms with Crippen molar-refractivity contribution in [1.82, 2.24) is 14.5 Å².